The number of nitrogens with one attached hydrogen (secondary N) is 1. The van der Waals surface area contributed by atoms with Crippen molar-refractivity contribution >= 4 is 15.9 Å². The van der Waals surface area contributed by atoms with E-state index in [9.17, 15) is 13.2 Å². The number of benzene rings is 1. The van der Waals surface area contributed by atoms with Gasteiger partial charge in [0, 0.05) is 13.1 Å². The van der Waals surface area contributed by atoms with Crippen LogP contribution in [-0.4, -0.2) is 33.2 Å². The summed E-state index contributed by atoms with van der Waals surface area (Å²) in [5, 5.41) is 7.35. The molecule has 0 aliphatic rings. The Kier molecular flexibility index (Phi) is 5.26. The van der Waals surface area contributed by atoms with Crippen LogP contribution >= 0.6 is 0 Å². The molecule has 100 valence electrons. The maximum absolute atomic E-state index is 11.8. The predicted octanol–water partition coefficient (Wildman–Crippen LogP) is -0.866. The van der Waals surface area contributed by atoms with Crippen LogP contribution in [0.5, 0.6) is 0 Å². The van der Waals surface area contributed by atoms with E-state index >= 15 is 0 Å². The summed E-state index contributed by atoms with van der Waals surface area (Å²) >= 11 is 0. The standard InChI is InChI=1S/C11H17N3O3S/c12-8-10(9-4-2-1-3-5-9)11(15)14-6-7-18(13,16)17/h1-5,10H,6-8,12H2,(H,14,15)(H2,13,16,17). The zero-order valence-electron chi connectivity index (χ0n) is 9.87. The molecule has 1 aromatic carbocycles. The number of carbonyl (C=O) groups excluding carboxylic acids is 1. The maximum atomic E-state index is 11.8. The van der Waals surface area contributed by atoms with E-state index in [1.54, 1.807) is 12.1 Å². The van der Waals surface area contributed by atoms with Crippen LogP contribution in [0.2, 0.25) is 0 Å². The number of carbonyl (C=O) groups is 1. The number of rotatable bonds is 6. The van der Waals surface area contributed by atoms with Gasteiger partial charge in [0.2, 0.25) is 15.9 Å². The van der Waals surface area contributed by atoms with Crippen LogP contribution in [-0.2, 0) is 14.8 Å². The fraction of sp³-hybridized carbons (Fsp3) is 0.364. The first-order chi connectivity index (χ1) is 8.44. The lowest BCUT2D eigenvalue weighted by molar-refractivity contribution is -0.122. The van der Waals surface area contributed by atoms with Crippen LogP contribution in [0, 0.1) is 0 Å². The molecule has 1 amide bonds. The molecule has 5 N–H and O–H groups in total. The largest absolute Gasteiger partial charge is 0.354 e. The summed E-state index contributed by atoms with van der Waals surface area (Å²) in [6, 6.07) is 9.08. The van der Waals surface area contributed by atoms with Gasteiger partial charge in [-0.2, -0.15) is 0 Å². The van der Waals surface area contributed by atoms with Crippen molar-refractivity contribution in [1.82, 2.24) is 5.32 Å². The minimum absolute atomic E-state index is 0.0129. The second-order valence-electron chi connectivity index (χ2n) is 3.86. The van der Waals surface area contributed by atoms with E-state index in [4.69, 9.17) is 10.9 Å². The summed E-state index contributed by atoms with van der Waals surface area (Å²) in [6.45, 7) is 0.145. The summed E-state index contributed by atoms with van der Waals surface area (Å²) < 4.78 is 21.4. The van der Waals surface area contributed by atoms with Gasteiger partial charge in [-0.1, -0.05) is 30.3 Å². The van der Waals surface area contributed by atoms with Crippen molar-refractivity contribution in [1.29, 1.82) is 0 Å². The molecule has 0 radical (unpaired) electrons. The van der Waals surface area contributed by atoms with Gasteiger partial charge in [-0.05, 0) is 5.56 Å². The maximum Gasteiger partial charge on any atom is 0.228 e. The number of primary sulfonamides is 1. The summed E-state index contributed by atoms with van der Waals surface area (Å²) in [4.78, 5) is 11.8. The van der Waals surface area contributed by atoms with Crippen molar-refractivity contribution in [3.63, 3.8) is 0 Å². The lowest BCUT2D eigenvalue weighted by Crippen LogP contribution is -2.37. The minimum atomic E-state index is -3.56. The highest BCUT2D eigenvalue weighted by Crippen LogP contribution is 2.13. The third kappa shape index (κ3) is 4.82. The molecular formula is C11H17N3O3S. The Morgan fingerprint density at radius 3 is 2.39 bits per heavy atom. The van der Waals surface area contributed by atoms with Crippen molar-refractivity contribution < 1.29 is 13.2 Å². The van der Waals surface area contributed by atoms with E-state index in [1.807, 2.05) is 18.2 Å². The van der Waals surface area contributed by atoms with E-state index in [-0.39, 0.29) is 24.7 Å². The van der Waals surface area contributed by atoms with Gasteiger partial charge in [-0.15, -0.1) is 0 Å². The molecule has 0 fully saturated rings. The monoisotopic (exact) mass is 271 g/mol. The third-order valence-corrected chi connectivity index (χ3v) is 3.21. The predicted molar refractivity (Wildman–Crippen MR) is 69.2 cm³/mol. The van der Waals surface area contributed by atoms with E-state index < -0.39 is 15.9 Å². The summed E-state index contributed by atoms with van der Waals surface area (Å²) in [6.07, 6.45) is 0. The number of hydrogen-bond donors (Lipinski definition) is 3. The molecule has 0 saturated heterocycles. The van der Waals surface area contributed by atoms with E-state index in [0.29, 0.717) is 0 Å². The van der Waals surface area contributed by atoms with Crippen molar-refractivity contribution in [3.05, 3.63) is 35.9 Å². The van der Waals surface area contributed by atoms with E-state index in [1.165, 1.54) is 0 Å². The second-order valence-corrected chi connectivity index (χ2v) is 5.59. The first-order valence-corrected chi connectivity index (χ1v) is 7.19. The molecule has 1 unspecified atom stereocenters. The molecule has 7 heteroatoms. The average molecular weight is 271 g/mol. The van der Waals surface area contributed by atoms with Gasteiger partial charge in [0.1, 0.15) is 0 Å². The highest BCUT2D eigenvalue weighted by molar-refractivity contribution is 7.89. The highest BCUT2D eigenvalue weighted by atomic mass is 32.2. The topological polar surface area (TPSA) is 115 Å². The quantitative estimate of drug-likeness (QED) is 0.624. The van der Waals surface area contributed by atoms with Gasteiger partial charge < -0.3 is 11.1 Å². The Balaban J connectivity index is 2.59. The first kappa shape index (κ1) is 14.6. The fourth-order valence-electron chi connectivity index (χ4n) is 1.52. The van der Waals surface area contributed by atoms with Gasteiger partial charge in [-0.3, -0.25) is 4.79 Å². The summed E-state index contributed by atoms with van der Waals surface area (Å²) in [7, 11) is -3.56. The van der Waals surface area contributed by atoms with Crippen LogP contribution < -0.4 is 16.2 Å². The Morgan fingerprint density at radius 1 is 1.28 bits per heavy atom. The lowest BCUT2D eigenvalue weighted by atomic mass is 9.98. The Labute approximate surface area is 106 Å². The van der Waals surface area contributed by atoms with Crippen LogP contribution in [0.25, 0.3) is 0 Å². The van der Waals surface area contributed by atoms with E-state index in [0.717, 1.165) is 5.56 Å². The number of hydrogen-bond acceptors (Lipinski definition) is 4. The second kappa shape index (κ2) is 6.48. The Hall–Kier alpha value is -1.44. The van der Waals surface area contributed by atoms with Gasteiger partial charge in [0.25, 0.3) is 0 Å². The first-order valence-electron chi connectivity index (χ1n) is 5.47. The van der Waals surface area contributed by atoms with Crippen molar-refractivity contribution in [2.24, 2.45) is 10.9 Å². The zero-order chi connectivity index (χ0) is 13.6. The van der Waals surface area contributed by atoms with Crippen LogP contribution in [0.4, 0.5) is 0 Å². The van der Waals surface area contributed by atoms with Gasteiger partial charge >= 0.3 is 0 Å². The molecule has 0 heterocycles. The zero-order valence-corrected chi connectivity index (χ0v) is 10.7. The normalized spacial score (nSPS) is 13.0. The molecule has 1 rings (SSSR count). The summed E-state index contributed by atoms with van der Waals surface area (Å²) in [5.41, 5.74) is 6.36. The third-order valence-electron chi connectivity index (χ3n) is 2.44. The van der Waals surface area contributed by atoms with Gasteiger partial charge in [0.15, 0.2) is 0 Å². The Bertz CT molecular complexity index is 488. The molecule has 0 aliphatic heterocycles. The molecule has 0 aromatic heterocycles. The molecule has 0 bridgehead atoms. The molecule has 18 heavy (non-hydrogen) atoms. The molecule has 1 aromatic rings. The van der Waals surface area contributed by atoms with Crippen LogP contribution in [0.1, 0.15) is 11.5 Å². The smallest absolute Gasteiger partial charge is 0.228 e. The average Bonchev–Trinajstić information content (AvgIpc) is 2.29. The van der Waals surface area contributed by atoms with Gasteiger partial charge in [-0.25, -0.2) is 13.6 Å². The lowest BCUT2D eigenvalue weighted by Gasteiger charge is -2.14. The summed E-state index contributed by atoms with van der Waals surface area (Å²) in [5.74, 6) is -1.07. The number of nitrogens with two attached hydrogens (primary N) is 2. The highest BCUT2D eigenvalue weighted by Gasteiger charge is 2.18. The molecule has 0 saturated carbocycles. The van der Waals surface area contributed by atoms with Crippen LogP contribution in [0.15, 0.2) is 30.3 Å². The molecule has 0 aliphatic carbocycles. The number of sulfonamides is 1. The van der Waals surface area contributed by atoms with E-state index in [2.05, 4.69) is 5.32 Å². The molecule has 0 spiro atoms. The van der Waals surface area contributed by atoms with Crippen LogP contribution in [0.3, 0.4) is 0 Å². The minimum Gasteiger partial charge on any atom is -0.354 e. The molecule has 1 atom stereocenters. The fourth-order valence-corrected chi connectivity index (χ4v) is 1.91. The van der Waals surface area contributed by atoms with Crippen molar-refractivity contribution in [2.45, 2.75) is 5.92 Å². The van der Waals surface area contributed by atoms with Gasteiger partial charge in [0.05, 0.1) is 11.7 Å². The molecular weight excluding hydrogens is 254 g/mol. The SMILES string of the molecule is NCC(C(=O)NCCS(N)(=O)=O)c1ccccc1. The van der Waals surface area contributed by atoms with Crippen molar-refractivity contribution in [3.8, 4) is 0 Å². The van der Waals surface area contributed by atoms with Crippen molar-refractivity contribution in [2.75, 3.05) is 18.8 Å². The number of amides is 1. The Morgan fingerprint density at radius 2 is 1.89 bits per heavy atom. The molecule has 6 nitrogen and oxygen atoms in total.